The predicted octanol–water partition coefficient (Wildman–Crippen LogP) is 3.40. The van der Waals surface area contributed by atoms with E-state index in [0.717, 1.165) is 17.6 Å². The number of carbonyl (C=O) groups excluding carboxylic acids is 1. The minimum atomic E-state index is -4.04. The summed E-state index contributed by atoms with van der Waals surface area (Å²) in [6.07, 6.45) is 1.09. The minimum absolute atomic E-state index is 0.0778. The third kappa shape index (κ3) is 3.07. The van der Waals surface area contributed by atoms with Gasteiger partial charge in [-0.15, -0.1) is 11.3 Å². The molecule has 3 aromatic rings. The Labute approximate surface area is 171 Å². The number of hydrogen-bond acceptors (Lipinski definition) is 6. The van der Waals surface area contributed by atoms with Gasteiger partial charge in [0.05, 0.1) is 4.90 Å². The van der Waals surface area contributed by atoms with Crippen molar-refractivity contribution in [3.05, 3.63) is 59.2 Å². The van der Waals surface area contributed by atoms with Crippen molar-refractivity contribution in [3.8, 4) is 21.6 Å². The number of nitrogens with zero attached hydrogens (tertiary/aromatic N) is 1. The Kier molecular flexibility index (Phi) is 4.41. The molecule has 29 heavy (non-hydrogen) atoms. The van der Waals surface area contributed by atoms with Crippen LogP contribution < -0.4 is 0 Å². The van der Waals surface area contributed by atoms with Gasteiger partial charge in [0.25, 0.3) is 15.9 Å². The van der Waals surface area contributed by atoms with Gasteiger partial charge in [0.1, 0.15) is 15.6 Å². The smallest absolute Gasteiger partial charge is 0.267 e. The molecule has 0 saturated heterocycles. The van der Waals surface area contributed by atoms with E-state index in [-0.39, 0.29) is 14.7 Å². The highest BCUT2D eigenvalue weighted by molar-refractivity contribution is 7.91. The van der Waals surface area contributed by atoms with Gasteiger partial charge in [-0.25, -0.2) is 25.5 Å². The van der Waals surface area contributed by atoms with Gasteiger partial charge in [-0.05, 0) is 35.4 Å². The van der Waals surface area contributed by atoms with Crippen molar-refractivity contribution < 1.29 is 26.0 Å². The van der Waals surface area contributed by atoms with E-state index in [1.165, 1.54) is 43.4 Å². The first-order chi connectivity index (χ1) is 13.5. The zero-order valence-electron chi connectivity index (χ0n) is 15.2. The molecule has 6 nitrogen and oxygen atoms in total. The van der Waals surface area contributed by atoms with E-state index < -0.39 is 31.6 Å². The fourth-order valence-corrected chi connectivity index (χ4v) is 6.90. The Hall–Kier alpha value is -2.56. The Bertz CT molecular complexity index is 1360. The number of sulfone groups is 1. The van der Waals surface area contributed by atoms with Crippen LogP contribution in [-0.2, 0) is 19.9 Å². The average molecular weight is 452 g/mol. The molecule has 0 fully saturated rings. The highest BCUT2D eigenvalue weighted by Gasteiger charge is 2.44. The second-order valence-electron chi connectivity index (χ2n) is 6.55. The first kappa shape index (κ1) is 19.7. The van der Waals surface area contributed by atoms with Gasteiger partial charge in [-0.1, -0.05) is 24.3 Å². The van der Waals surface area contributed by atoms with Crippen molar-refractivity contribution in [1.82, 2.24) is 4.31 Å². The second kappa shape index (κ2) is 6.48. The molecule has 1 amide bonds. The van der Waals surface area contributed by atoms with Crippen LogP contribution in [0.4, 0.5) is 4.39 Å². The Morgan fingerprint density at radius 1 is 0.931 bits per heavy atom. The molecule has 1 aromatic heterocycles. The lowest BCUT2D eigenvalue weighted by Crippen LogP contribution is -2.25. The summed E-state index contributed by atoms with van der Waals surface area (Å²) < 4.78 is 63.2. The lowest BCUT2D eigenvalue weighted by molar-refractivity contribution is 0.0895. The number of carbonyl (C=O) groups is 1. The lowest BCUT2D eigenvalue weighted by Gasteiger charge is -2.12. The average Bonchev–Trinajstić information content (AvgIpc) is 3.14. The van der Waals surface area contributed by atoms with Crippen LogP contribution in [0.3, 0.4) is 0 Å². The number of halogens is 1. The van der Waals surface area contributed by atoms with Crippen LogP contribution in [-0.4, -0.2) is 40.4 Å². The quantitative estimate of drug-likeness (QED) is 0.609. The van der Waals surface area contributed by atoms with Crippen molar-refractivity contribution >= 4 is 37.1 Å². The molecule has 0 N–H and O–H groups in total. The molecule has 0 bridgehead atoms. The molecular formula is C19H14FNO5S3. The molecule has 2 aromatic carbocycles. The molecule has 10 heteroatoms. The van der Waals surface area contributed by atoms with Crippen molar-refractivity contribution in [2.45, 2.75) is 9.79 Å². The van der Waals surface area contributed by atoms with Gasteiger partial charge in [0.2, 0.25) is 0 Å². The molecule has 1 aliphatic heterocycles. The first-order valence-electron chi connectivity index (χ1n) is 8.28. The lowest BCUT2D eigenvalue weighted by atomic mass is 10.0. The van der Waals surface area contributed by atoms with Gasteiger partial charge in [-0.3, -0.25) is 4.79 Å². The highest BCUT2D eigenvalue weighted by atomic mass is 32.2. The largest absolute Gasteiger partial charge is 0.278 e. The minimum Gasteiger partial charge on any atom is -0.267 e. The number of amides is 1. The zero-order chi connectivity index (χ0) is 21.1. The Morgan fingerprint density at radius 2 is 1.48 bits per heavy atom. The van der Waals surface area contributed by atoms with E-state index in [2.05, 4.69) is 0 Å². The maximum atomic E-state index is 13.4. The fourth-order valence-electron chi connectivity index (χ4n) is 3.13. The topological polar surface area (TPSA) is 88.6 Å². The molecule has 4 rings (SSSR count). The summed E-state index contributed by atoms with van der Waals surface area (Å²) in [7, 11) is -6.24. The normalized spacial score (nSPS) is 15.6. The molecule has 2 heterocycles. The van der Waals surface area contributed by atoms with Gasteiger partial charge < -0.3 is 0 Å². The maximum Gasteiger partial charge on any atom is 0.278 e. The van der Waals surface area contributed by atoms with Crippen molar-refractivity contribution in [2.24, 2.45) is 0 Å². The number of fused-ring (bicyclic) bond motifs is 1. The predicted molar refractivity (Wildman–Crippen MR) is 108 cm³/mol. The van der Waals surface area contributed by atoms with Gasteiger partial charge in [-0.2, -0.15) is 0 Å². The standard InChI is InChI=1S/C19H14FNO5S3/c1-21-19(22)17-18(29(21,25)26)15(11-3-7-13(20)8-4-11)16(27-17)12-5-9-14(10-6-12)28(2,23)24/h3-10H,1-2H3. The summed E-state index contributed by atoms with van der Waals surface area (Å²) in [5.74, 6) is -1.11. The fraction of sp³-hybridized carbons (Fsp3) is 0.105. The van der Waals surface area contributed by atoms with Crippen LogP contribution in [0.1, 0.15) is 9.67 Å². The molecule has 0 radical (unpaired) electrons. The highest BCUT2D eigenvalue weighted by Crippen LogP contribution is 2.49. The Balaban J connectivity index is 2.01. The van der Waals surface area contributed by atoms with E-state index in [1.807, 2.05) is 0 Å². The van der Waals surface area contributed by atoms with Crippen molar-refractivity contribution in [2.75, 3.05) is 13.3 Å². The van der Waals surface area contributed by atoms with Crippen LogP contribution in [0.5, 0.6) is 0 Å². The van der Waals surface area contributed by atoms with E-state index in [0.29, 0.717) is 25.9 Å². The summed E-state index contributed by atoms with van der Waals surface area (Å²) >= 11 is 1.01. The van der Waals surface area contributed by atoms with Gasteiger partial charge in [0.15, 0.2) is 9.84 Å². The van der Waals surface area contributed by atoms with Crippen molar-refractivity contribution in [1.29, 1.82) is 0 Å². The van der Waals surface area contributed by atoms with E-state index >= 15 is 0 Å². The van der Waals surface area contributed by atoms with E-state index in [1.54, 1.807) is 12.1 Å². The first-order valence-corrected chi connectivity index (χ1v) is 12.4. The molecular weight excluding hydrogens is 437 g/mol. The molecule has 1 aliphatic rings. The summed E-state index contributed by atoms with van der Waals surface area (Å²) in [6.45, 7) is 0. The molecule has 0 spiro atoms. The van der Waals surface area contributed by atoms with Gasteiger partial charge >= 0.3 is 0 Å². The molecule has 0 saturated carbocycles. The molecule has 0 aliphatic carbocycles. The third-order valence-electron chi connectivity index (χ3n) is 4.64. The zero-order valence-corrected chi connectivity index (χ0v) is 17.7. The summed E-state index contributed by atoms with van der Waals surface area (Å²) in [5, 5.41) is 0. The SMILES string of the molecule is CN1C(=O)c2sc(-c3ccc(S(C)(=O)=O)cc3)c(-c3ccc(F)cc3)c2S1(=O)=O. The second-order valence-corrected chi connectivity index (χ2v) is 11.5. The number of sulfonamides is 1. The summed E-state index contributed by atoms with van der Waals surface area (Å²) in [6, 6.07) is 11.3. The number of hydrogen-bond donors (Lipinski definition) is 0. The van der Waals surface area contributed by atoms with Crippen LogP contribution in [0, 0.1) is 5.82 Å². The van der Waals surface area contributed by atoms with E-state index in [9.17, 15) is 26.0 Å². The molecule has 0 unspecified atom stereocenters. The number of benzene rings is 2. The van der Waals surface area contributed by atoms with Crippen LogP contribution in [0.15, 0.2) is 58.3 Å². The summed E-state index contributed by atoms with van der Waals surface area (Å²) in [4.78, 5) is 13.1. The molecule has 0 atom stereocenters. The molecule has 150 valence electrons. The van der Waals surface area contributed by atoms with Gasteiger partial charge in [0, 0.05) is 23.7 Å². The Morgan fingerprint density at radius 3 is 2.03 bits per heavy atom. The van der Waals surface area contributed by atoms with Crippen LogP contribution in [0.2, 0.25) is 0 Å². The summed E-state index contributed by atoms with van der Waals surface area (Å²) in [5.41, 5.74) is 1.30. The van der Waals surface area contributed by atoms with Crippen LogP contribution in [0.25, 0.3) is 21.6 Å². The maximum absolute atomic E-state index is 13.4. The number of thiophene rings is 1. The monoisotopic (exact) mass is 451 g/mol. The van der Waals surface area contributed by atoms with Crippen LogP contribution >= 0.6 is 11.3 Å². The number of rotatable bonds is 3. The van der Waals surface area contributed by atoms with E-state index in [4.69, 9.17) is 0 Å². The van der Waals surface area contributed by atoms with Crippen molar-refractivity contribution in [3.63, 3.8) is 0 Å². The third-order valence-corrected chi connectivity index (χ3v) is 8.94.